The predicted molar refractivity (Wildman–Crippen MR) is 36.3 cm³/mol. The van der Waals surface area contributed by atoms with Crippen LogP contribution in [0.2, 0.25) is 0 Å². The summed E-state index contributed by atoms with van der Waals surface area (Å²) in [7, 11) is 0. The van der Waals surface area contributed by atoms with Gasteiger partial charge in [-0.25, -0.2) is 0 Å². The quantitative estimate of drug-likeness (QED) is 0.612. The van der Waals surface area contributed by atoms with Gasteiger partial charge in [-0.15, -0.1) is 0 Å². The van der Waals surface area contributed by atoms with Crippen LogP contribution in [0.15, 0.2) is 24.3 Å². The molecule has 0 aliphatic rings. The maximum absolute atomic E-state index is 2.52. The summed E-state index contributed by atoms with van der Waals surface area (Å²) in [5.74, 6) is 0. The van der Waals surface area contributed by atoms with Gasteiger partial charge in [0, 0.05) is 0 Å². The zero-order valence-electron chi connectivity index (χ0n) is 5.24. The molecule has 0 aromatic heterocycles. The van der Waals surface area contributed by atoms with Gasteiger partial charge in [-0.1, -0.05) is 0 Å². The summed E-state index contributed by atoms with van der Waals surface area (Å²) in [6.07, 6.45) is 0. The molecule has 0 aliphatic heterocycles. The van der Waals surface area contributed by atoms with E-state index in [1.165, 1.54) is 11.1 Å². The van der Waals surface area contributed by atoms with Gasteiger partial charge in [-0.2, -0.15) is 0 Å². The Morgan fingerprint density at radius 1 is 1.33 bits per heavy atom. The Balaban J connectivity index is 3.15. The molecule has 9 heavy (non-hydrogen) atoms. The maximum atomic E-state index is 2.52. The van der Waals surface area contributed by atoms with Crippen molar-refractivity contribution in [2.45, 2.75) is 6.92 Å². The summed E-state index contributed by atoms with van der Waals surface area (Å²) in [5.41, 5.74) is 2.63. The molecular formula is C8H8Ru+. The number of aryl methyl sites for hydroxylation is 1. The van der Waals surface area contributed by atoms with Crippen molar-refractivity contribution < 1.29 is 17.9 Å². The zero-order valence-corrected chi connectivity index (χ0v) is 6.98. The third kappa shape index (κ3) is 1.56. The molecular weight excluding hydrogens is 197 g/mol. The molecule has 47 valence electrons. The molecule has 1 heteroatoms. The Kier molecular flexibility index (Phi) is 2.30. The summed E-state index contributed by atoms with van der Waals surface area (Å²) in [6.45, 7) is 2.11. The second kappa shape index (κ2) is 3.03. The van der Waals surface area contributed by atoms with Gasteiger partial charge >= 0.3 is 64.8 Å². The molecule has 0 heterocycles. The van der Waals surface area contributed by atoms with Crippen LogP contribution in [0, 0.1) is 6.92 Å². The number of benzene rings is 1. The van der Waals surface area contributed by atoms with Crippen LogP contribution in [0.1, 0.15) is 11.1 Å². The van der Waals surface area contributed by atoms with E-state index < -0.39 is 0 Å². The van der Waals surface area contributed by atoms with Gasteiger partial charge in [0.15, 0.2) is 0 Å². The average Bonchev–Trinajstić information content (AvgIpc) is 1.89. The van der Waals surface area contributed by atoms with E-state index in [0.717, 1.165) is 0 Å². The topological polar surface area (TPSA) is 0 Å². The second-order valence-electron chi connectivity index (χ2n) is 1.96. The van der Waals surface area contributed by atoms with Gasteiger partial charge in [0.2, 0.25) is 0 Å². The van der Waals surface area contributed by atoms with E-state index in [1.807, 2.05) is 6.07 Å². The molecule has 0 fully saturated rings. The van der Waals surface area contributed by atoms with Gasteiger partial charge in [-0.3, -0.25) is 0 Å². The monoisotopic (exact) mass is 206 g/mol. The molecule has 0 bridgehead atoms. The zero-order chi connectivity index (χ0) is 6.69. The van der Waals surface area contributed by atoms with Gasteiger partial charge in [0.25, 0.3) is 0 Å². The molecule has 1 aromatic rings. The van der Waals surface area contributed by atoms with Crippen molar-refractivity contribution in [3.05, 3.63) is 35.4 Å². The molecule has 0 spiro atoms. The van der Waals surface area contributed by atoms with Crippen molar-refractivity contribution in [3.8, 4) is 0 Å². The van der Waals surface area contributed by atoms with Crippen molar-refractivity contribution in [2.24, 2.45) is 0 Å². The Morgan fingerprint density at radius 3 is 2.44 bits per heavy atom. The normalized spacial score (nSPS) is 9.00. The Bertz CT molecular complexity index is 216. The fraction of sp³-hybridized carbons (Fsp3) is 0.125. The Morgan fingerprint density at radius 2 is 2.00 bits per heavy atom. The first-order valence-corrected chi connectivity index (χ1v) is 3.82. The predicted octanol–water partition coefficient (Wildman–Crippen LogP) is 1.69. The van der Waals surface area contributed by atoms with Crippen LogP contribution in [0.5, 0.6) is 0 Å². The van der Waals surface area contributed by atoms with Gasteiger partial charge in [0.05, 0.1) is 0 Å². The van der Waals surface area contributed by atoms with Crippen LogP contribution in [0.4, 0.5) is 0 Å². The molecule has 1 rings (SSSR count). The molecule has 0 unspecified atom stereocenters. The van der Waals surface area contributed by atoms with Gasteiger partial charge in [0.1, 0.15) is 0 Å². The van der Waals surface area contributed by atoms with Crippen LogP contribution < -0.4 is 0 Å². The van der Waals surface area contributed by atoms with Crippen LogP contribution in [-0.2, 0) is 17.9 Å². The van der Waals surface area contributed by atoms with Crippen molar-refractivity contribution >= 4 is 4.61 Å². The summed E-state index contributed by atoms with van der Waals surface area (Å²) >= 11 is 2.52. The van der Waals surface area contributed by atoms with E-state index in [2.05, 4.69) is 47.6 Å². The van der Waals surface area contributed by atoms with E-state index >= 15 is 0 Å². The minimum atomic E-state index is 1.30. The standard InChI is InChI=1S/C8H8.Ru/c1-7-5-3-4-6-8(7)2;/h1,3-6H,2H3;/q;+1. The third-order valence-electron chi connectivity index (χ3n) is 1.30. The van der Waals surface area contributed by atoms with Crippen LogP contribution in [0.3, 0.4) is 0 Å². The second-order valence-corrected chi connectivity index (χ2v) is 2.46. The molecule has 0 amide bonds. The van der Waals surface area contributed by atoms with Crippen molar-refractivity contribution in [3.63, 3.8) is 0 Å². The van der Waals surface area contributed by atoms with E-state index in [1.54, 1.807) is 0 Å². The molecule has 0 atom stereocenters. The van der Waals surface area contributed by atoms with Crippen molar-refractivity contribution in [1.29, 1.82) is 0 Å². The van der Waals surface area contributed by atoms with Gasteiger partial charge < -0.3 is 0 Å². The van der Waals surface area contributed by atoms with Crippen LogP contribution in [0.25, 0.3) is 0 Å². The van der Waals surface area contributed by atoms with E-state index in [4.69, 9.17) is 0 Å². The van der Waals surface area contributed by atoms with Crippen molar-refractivity contribution in [2.75, 3.05) is 0 Å². The van der Waals surface area contributed by atoms with E-state index in [9.17, 15) is 0 Å². The fourth-order valence-electron chi connectivity index (χ4n) is 0.701. The molecule has 0 saturated heterocycles. The summed E-state index contributed by atoms with van der Waals surface area (Å²) in [4.78, 5) is 0. The third-order valence-corrected chi connectivity index (χ3v) is 1.84. The SMILES string of the molecule is Cc1ccccc1[CH]=[Ru+]. The number of rotatable bonds is 1. The number of hydrogen-bond donors (Lipinski definition) is 0. The molecule has 0 nitrogen and oxygen atoms in total. The summed E-state index contributed by atoms with van der Waals surface area (Å²) in [5, 5.41) is 0. The molecule has 0 N–H and O–H groups in total. The first-order valence-electron chi connectivity index (χ1n) is 2.82. The molecule has 0 saturated carbocycles. The Hall–Kier alpha value is -0.287. The summed E-state index contributed by atoms with van der Waals surface area (Å²) in [6, 6.07) is 8.31. The number of hydrogen-bond acceptors (Lipinski definition) is 0. The molecule has 0 aliphatic carbocycles. The average molecular weight is 205 g/mol. The molecule has 1 aromatic carbocycles. The summed E-state index contributed by atoms with van der Waals surface area (Å²) < 4.78 is 2.05. The minimum absolute atomic E-state index is 1.30. The van der Waals surface area contributed by atoms with Crippen LogP contribution in [-0.4, -0.2) is 4.61 Å². The van der Waals surface area contributed by atoms with E-state index in [0.29, 0.717) is 0 Å². The first-order chi connectivity index (χ1) is 4.34. The van der Waals surface area contributed by atoms with E-state index in [-0.39, 0.29) is 0 Å². The fourth-order valence-corrected chi connectivity index (χ4v) is 1.26. The van der Waals surface area contributed by atoms with Crippen LogP contribution >= 0.6 is 0 Å². The molecule has 0 radical (unpaired) electrons. The van der Waals surface area contributed by atoms with Crippen molar-refractivity contribution in [1.82, 2.24) is 0 Å². The Labute approximate surface area is 65.1 Å². The first kappa shape index (κ1) is 6.83. The van der Waals surface area contributed by atoms with Gasteiger partial charge in [-0.05, 0) is 0 Å².